The number of nitrogens with zero attached hydrogens (tertiary/aromatic N) is 1. The average molecular weight is 269 g/mol. The molecule has 1 aliphatic heterocycles. The van der Waals surface area contributed by atoms with Crippen molar-refractivity contribution < 1.29 is 4.79 Å². The molecular weight excluding hydrogens is 246 g/mol. The van der Waals surface area contributed by atoms with Crippen molar-refractivity contribution in [1.82, 2.24) is 10.2 Å². The molecule has 4 nitrogen and oxygen atoms in total. The molecule has 0 bridgehead atoms. The largest absolute Gasteiger partial charge is 0.392 e. The molecule has 0 spiro atoms. The molecule has 2 rings (SSSR count). The summed E-state index contributed by atoms with van der Waals surface area (Å²) < 4.78 is 0. The number of hydrogen-bond acceptors (Lipinski definition) is 3. The average Bonchev–Trinajstić information content (AvgIpc) is 2.26. The summed E-state index contributed by atoms with van der Waals surface area (Å²) in [6, 6.07) is 0. The lowest BCUT2D eigenvalue weighted by Gasteiger charge is -2.39. The van der Waals surface area contributed by atoms with Crippen LogP contribution in [0.2, 0.25) is 0 Å². The minimum absolute atomic E-state index is 0.0557. The first-order valence-electron chi connectivity index (χ1n) is 6.81. The second-order valence-corrected chi connectivity index (χ2v) is 6.20. The Morgan fingerprint density at radius 1 is 1.44 bits per heavy atom. The summed E-state index contributed by atoms with van der Waals surface area (Å²) in [5, 5.41) is 3.07. The molecule has 3 N–H and O–H groups in total. The first kappa shape index (κ1) is 13.7. The highest BCUT2D eigenvalue weighted by Gasteiger charge is 2.46. The van der Waals surface area contributed by atoms with Crippen LogP contribution in [0.5, 0.6) is 0 Å². The molecule has 5 heteroatoms. The molecule has 0 atom stereocenters. The van der Waals surface area contributed by atoms with Crippen molar-refractivity contribution in [1.29, 1.82) is 0 Å². The molecule has 1 heterocycles. The second-order valence-electron chi connectivity index (χ2n) is 5.76. The van der Waals surface area contributed by atoms with Gasteiger partial charge in [-0.25, -0.2) is 0 Å². The van der Waals surface area contributed by atoms with E-state index < -0.39 is 5.41 Å². The van der Waals surface area contributed by atoms with Crippen LogP contribution in [0.4, 0.5) is 0 Å². The van der Waals surface area contributed by atoms with Crippen molar-refractivity contribution in [2.45, 2.75) is 32.1 Å². The van der Waals surface area contributed by atoms with Crippen LogP contribution in [0, 0.1) is 11.3 Å². The van der Waals surface area contributed by atoms with E-state index in [1.807, 2.05) is 0 Å². The zero-order valence-corrected chi connectivity index (χ0v) is 11.9. The fourth-order valence-corrected chi connectivity index (χ4v) is 3.08. The number of carbonyl (C=O) groups excluding carboxylic acids is 1. The fraction of sp³-hybridized carbons (Fsp3) is 0.846. The van der Waals surface area contributed by atoms with E-state index >= 15 is 0 Å². The number of hydrogen-bond donors (Lipinski definition) is 2. The molecule has 18 heavy (non-hydrogen) atoms. The Morgan fingerprint density at radius 3 is 2.50 bits per heavy atom. The van der Waals surface area contributed by atoms with Crippen LogP contribution in [0.3, 0.4) is 0 Å². The molecule has 1 amide bonds. The number of amides is 1. The molecule has 102 valence electrons. The van der Waals surface area contributed by atoms with Crippen molar-refractivity contribution in [3.05, 3.63) is 0 Å². The maximum atomic E-state index is 12.2. The summed E-state index contributed by atoms with van der Waals surface area (Å²) in [6.45, 7) is 3.03. The minimum atomic E-state index is -0.527. The van der Waals surface area contributed by atoms with Gasteiger partial charge in [-0.15, -0.1) is 0 Å². The van der Waals surface area contributed by atoms with Gasteiger partial charge in [0.15, 0.2) is 0 Å². The van der Waals surface area contributed by atoms with Gasteiger partial charge in [0, 0.05) is 6.54 Å². The van der Waals surface area contributed by atoms with Gasteiger partial charge in [0.25, 0.3) is 0 Å². The molecule has 1 aliphatic carbocycles. The minimum Gasteiger partial charge on any atom is -0.392 e. The Hall–Kier alpha value is -0.680. The summed E-state index contributed by atoms with van der Waals surface area (Å²) in [7, 11) is 2.14. The van der Waals surface area contributed by atoms with Crippen molar-refractivity contribution in [3.63, 3.8) is 0 Å². The van der Waals surface area contributed by atoms with Crippen molar-refractivity contribution in [3.8, 4) is 0 Å². The Bertz CT molecular complexity index is 333. The van der Waals surface area contributed by atoms with Gasteiger partial charge in [0.1, 0.15) is 0 Å². The van der Waals surface area contributed by atoms with Gasteiger partial charge in [0.2, 0.25) is 5.91 Å². The molecule has 0 unspecified atom stereocenters. The van der Waals surface area contributed by atoms with Crippen LogP contribution >= 0.6 is 12.2 Å². The number of nitrogens with two attached hydrogens (primary N) is 1. The molecular formula is C13H23N3OS. The van der Waals surface area contributed by atoms with Gasteiger partial charge >= 0.3 is 0 Å². The predicted octanol–water partition coefficient (Wildman–Crippen LogP) is 0.901. The van der Waals surface area contributed by atoms with Crippen molar-refractivity contribution in [2.75, 3.05) is 26.7 Å². The molecule has 0 aromatic rings. The topological polar surface area (TPSA) is 58.4 Å². The lowest BCUT2D eigenvalue weighted by atomic mass is 9.68. The van der Waals surface area contributed by atoms with E-state index in [2.05, 4.69) is 17.3 Å². The smallest absolute Gasteiger partial charge is 0.233 e. The molecule has 0 radical (unpaired) electrons. The molecule has 1 saturated heterocycles. The number of carbonyl (C=O) groups is 1. The molecule has 0 aromatic heterocycles. The number of rotatable bonds is 4. The molecule has 2 fully saturated rings. The lowest BCUT2D eigenvalue weighted by molar-refractivity contribution is -0.131. The monoisotopic (exact) mass is 269 g/mol. The summed E-state index contributed by atoms with van der Waals surface area (Å²) in [6.07, 6.45) is 5.02. The fourth-order valence-electron chi connectivity index (χ4n) is 2.79. The van der Waals surface area contributed by atoms with Gasteiger partial charge in [-0.1, -0.05) is 18.6 Å². The predicted molar refractivity (Wildman–Crippen MR) is 76.3 cm³/mol. The van der Waals surface area contributed by atoms with Gasteiger partial charge < -0.3 is 16.0 Å². The van der Waals surface area contributed by atoms with Crippen molar-refractivity contribution in [2.24, 2.45) is 17.1 Å². The molecule has 1 saturated carbocycles. The van der Waals surface area contributed by atoms with E-state index in [0.29, 0.717) is 10.9 Å². The zero-order chi connectivity index (χ0) is 13.2. The normalized spacial score (nSPS) is 24.3. The van der Waals surface area contributed by atoms with Gasteiger partial charge in [0.05, 0.1) is 10.4 Å². The third-order valence-electron chi connectivity index (χ3n) is 4.50. The van der Waals surface area contributed by atoms with E-state index in [0.717, 1.165) is 51.7 Å². The van der Waals surface area contributed by atoms with E-state index in [-0.39, 0.29) is 5.91 Å². The van der Waals surface area contributed by atoms with Crippen molar-refractivity contribution >= 4 is 23.1 Å². The lowest BCUT2D eigenvalue weighted by Crippen LogP contribution is -2.54. The summed E-state index contributed by atoms with van der Waals surface area (Å²) >= 11 is 5.05. The standard InChI is InChI=1S/C13H23N3OS/c1-16-7-3-10(4-8-16)9-15-12(17)13(11(14)18)5-2-6-13/h10H,2-9H2,1H3,(H2,14,18)(H,15,17). The van der Waals surface area contributed by atoms with Gasteiger partial charge in [-0.3, -0.25) is 4.79 Å². The Labute approximate surface area is 114 Å². The van der Waals surface area contributed by atoms with Crippen LogP contribution in [0.1, 0.15) is 32.1 Å². The van der Waals surface area contributed by atoms with E-state index in [9.17, 15) is 4.79 Å². The van der Waals surface area contributed by atoms with Crippen LogP contribution in [-0.4, -0.2) is 42.5 Å². The van der Waals surface area contributed by atoms with Gasteiger partial charge in [-0.2, -0.15) is 0 Å². The van der Waals surface area contributed by atoms with Crippen LogP contribution in [0.15, 0.2) is 0 Å². The molecule has 2 aliphatic rings. The number of thiocarbonyl (C=S) groups is 1. The van der Waals surface area contributed by atoms with Crippen LogP contribution in [-0.2, 0) is 4.79 Å². The summed E-state index contributed by atoms with van der Waals surface area (Å²) in [5.41, 5.74) is 5.20. The Kier molecular flexibility index (Phi) is 4.22. The van der Waals surface area contributed by atoms with Crippen LogP contribution in [0.25, 0.3) is 0 Å². The Balaban J connectivity index is 1.79. The highest BCUT2D eigenvalue weighted by molar-refractivity contribution is 7.80. The van der Waals surface area contributed by atoms with E-state index in [1.54, 1.807) is 0 Å². The maximum Gasteiger partial charge on any atom is 0.233 e. The van der Waals surface area contributed by atoms with Gasteiger partial charge in [-0.05, 0) is 51.7 Å². The highest BCUT2D eigenvalue weighted by atomic mass is 32.1. The number of nitrogens with one attached hydrogen (secondary N) is 1. The first-order chi connectivity index (χ1) is 8.54. The SMILES string of the molecule is CN1CCC(CNC(=O)C2(C(N)=S)CCC2)CC1. The first-order valence-corrected chi connectivity index (χ1v) is 7.22. The third-order valence-corrected chi connectivity index (χ3v) is 4.89. The van der Waals surface area contributed by atoms with E-state index in [1.165, 1.54) is 0 Å². The maximum absolute atomic E-state index is 12.2. The zero-order valence-electron chi connectivity index (χ0n) is 11.1. The summed E-state index contributed by atoms with van der Waals surface area (Å²) in [4.78, 5) is 14.9. The highest BCUT2D eigenvalue weighted by Crippen LogP contribution is 2.41. The Morgan fingerprint density at radius 2 is 2.06 bits per heavy atom. The summed E-state index contributed by atoms with van der Waals surface area (Å²) in [5.74, 6) is 0.661. The second kappa shape index (κ2) is 5.53. The third kappa shape index (κ3) is 2.67. The van der Waals surface area contributed by atoms with E-state index in [4.69, 9.17) is 18.0 Å². The van der Waals surface area contributed by atoms with Crippen LogP contribution < -0.4 is 11.1 Å². The molecule has 0 aromatic carbocycles. The number of likely N-dealkylation sites (tertiary alicyclic amines) is 1. The quantitative estimate of drug-likeness (QED) is 0.745. The number of piperidine rings is 1.